The van der Waals surface area contributed by atoms with E-state index in [2.05, 4.69) is 20.9 Å². The molecule has 15 heavy (non-hydrogen) atoms. The molecule has 0 saturated heterocycles. The number of hydrogen-bond donors (Lipinski definition) is 1. The fraction of sp³-hybridized carbons (Fsp3) is 0.583. The Labute approximate surface area is 98.9 Å². The summed E-state index contributed by atoms with van der Waals surface area (Å²) in [7, 11) is 0. The van der Waals surface area contributed by atoms with E-state index in [4.69, 9.17) is 0 Å². The fourth-order valence-electron chi connectivity index (χ4n) is 2.25. The van der Waals surface area contributed by atoms with Crippen LogP contribution in [0.2, 0.25) is 0 Å². The molecule has 0 amide bonds. The zero-order chi connectivity index (χ0) is 10.7. The number of nitrogens with zero attached hydrogens (tertiary/aromatic N) is 1. The van der Waals surface area contributed by atoms with Crippen LogP contribution in [0.15, 0.2) is 22.8 Å². The summed E-state index contributed by atoms with van der Waals surface area (Å²) in [5.74, 6) is 0.410. The highest BCUT2D eigenvalue weighted by Gasteiger charge is 2.23. The molecule has 1 N–H and O–H groups in total. The first-order chi connectivity index (χ1) is 7.27. The van der Waals surface area contributed by atoms with Gasteiger partial charge in [0, 0.05) is 10.7 Å². The fourth-order valence-corrected chi connectivity index (χ4v) is 2.49. The molecule has 3 heteroatoms. The summed E-state index contributed by atoms with van der Waals surface area (Å²) in [5, 5.41) is 10.2. The van der Waals surface area contributed by atoms with Crippen molar-refractivity contribution in [2.24, 2.45) is 5.92 Å². The summed E-state index contributed by atoms with van der Waals surface area (Å²) in [6, 6.07) is 3.84. The second-order valence-corrected chi connectivity index (χ2v) is 5.16. The normalized spacial score (nSPS) is 20.1. The summed E-state index contributed by atoms with van der Waals surface area (Å²) in [5.41, 5.74) is 0.810. The Bertz CT molecular complexity index is 306. The Morgan fingerprint density at radius 1 is 1.27 bits per heavy atom. The molecule has 0 aliphatic heterocycles. The molecule has 1 aliphatic rings. The second-order valence-electron chi connectivity index (χ2n) is 4.24. The maximum absolute atomic E-state index is 10.2. The molecule has 1 aromatic heterocycles. The quantitative estimate of drug-likeness (QED) is 0.892. The molecule has 1 fully saturated rings. The van der Waals surface area contributed by atoms with Crippen LogP contribution in [-0.4, -0.2) is 10.1 Å². The summed E-state index contributed by atoms with van der Waals surface area (Å²) in [6.07, 6.45) is 7.46. The highest BCUT2D eigenvalue weighted by Crippen LogP contribution is 2.33. The predicted molar refractivity (Wildman–Crippen MR) is 63.5 cm³/mol. The maximum atomic E-state index is 10.2. The van der Waals surface area contributed by atoms with Crippen LogP contribution in [0.25, 0.3) is 0 Å². The average molecular weight is 270 g/mol. The highest BCUT2D eigenvalue weighted by molar-refractivity contribution is 9.10. The Balaban J connectivity index is 2.05. The van der Waals surface area contributed by atoms with Crippen LogP contribution < -0.4 is 0 Å². The molecule has 0 spiro atoms. The van der Waals surface area contributed by atoms with Crippen molar-refractivity contribution in [2.45, 2.75) is 38.2 Å². The van der Waals surface area contributed by atoms with Gasteiger partial charge in [0.2, 0.25) is 0 Å². The molecule has 1 saturated carbocycles. The van der Waals surface area contributed by atoms with E-state index in [0.717, 1.165) is 23.0 Å². The van der Waals surface area contributed by atoms with E-state index in [-0.39, 0.29) is 6.10 Å². The lowest BCUT2D eigenvalue weighted by molar-refractivity contribution is 0.0811. The van der Waals surface area contributed by atoms with Crippen molar-refractivity contribution in [3.63, 3.8) is 0 Å². The molecule has 1 atom stereocenters. The number of rotatable bonds is 2. The van der Waals surface area contributed by atoms with Crippen LogP contribution in [0.5, 0.6) is 0 Å². The topological polar surface area (TPSA) is 33.1 Å². The van der Waals surface area contributed by atoms with Crippen molar-refractivity contribution in [3.05, 3.63) is 28.5 Å². The van der Waals surface area contributed by atoms with Crippen LogP contribution in [-0.2, 0) is 0 Å². The molecular formula is C12H16BrNO. The van der Waals surface area contributed by atoms with Gasteiger partial charge < -0.3 is 5.11 Å². The lowest BCUT2D eigenvalue weighted by atomic mass is 9.84. The van der Waals surface area contributed by atoms with Crippen LogP contribution in [0.3, 0.4) is 0 Å². The van der Waals surface area contributed by atoms with Gasteiger partial charge in [0.05, 0.1) is 11.8 Å². The van der Waals surface area contributed by atoms with Gasteiger partial charge in [0.1, 0.15) is 0 Å². The van der Waals surface area contributed by atoms with Crippen molar-refractivity contribution in [2.75, 3.05) is 0 Å². The first kappa shape index (κ1) is 11.1. The van der Waals surface area contributed by atoms with Gasteiger partial charge in [-0.25, -0.2) is 0 Å². The van der Waals surface area contributed by atoms with Gasteiger partial charge in [-0.1, -0.05) is 19.3 Å². The van der Waals surface area contributed by atoms with Gasteiger partial charge in [0.15, 0.2) is 0 Å². The molecule has 2 rings (SSSR count). The summed E-state index contributed by atoms with van der Waals surface area (Å²) >= 11 is 3.35. The SMILES string of the molecule is OC(c1ccc(Br)cn1)C1CCCCC1. The van der Waals surface area contributed by atoms with Crippen molar-refractivity contribution >= 4 is 15.9 Å². The maximum Gasteiger partial charge on any atom is 0.0987 e. The standard InChI is InChI=1S/C12H16BrNO/c13-10-6-7-11(14-8-10)12(15)9-4-2-1-3-5-9/h6-9,12,15H,1-5H2. The van der Waals surface area contributed by atoms with Gasteiger partial charge in [-0.3, -0.25) is 4.98 Å². The number of aliphatic hydroxyl groups excluding tert-OH is 1. The minimum absolute atomic E-state index is 0.376. The molecule has 1 unspecified atom stereocenters. The van der Waals surface area contributed by atoms with E-state index in [1.165, 1.54) is 19.3 Å². The largest absolute Gasteiger partial charge is 0.387 e. The predicted octanol–water partition coefficient (Wildman–Crippen LogP) is 3.46. The Morgan fingerprint density at radius 3 is 2.60 bits per heavy atom. The minimum Gasteiger partial charge on any atom is -0.387 e. The average Bonchev–Trinajstić information content (AvgIpc) is 2.30. The van der Waals surface area contributed by atoms with Crippen molar-refractivity contribution in [1.82, 2.24) is 4.98 Å². The molecule has 1 aromatic rings. The van der Waals surface area contributed by atoms with Crippen molar-refractivity contribution in [3.8, 4) is 0 Å². The number of aromatic nitrogens is 1. The summed E-state index contributed by atoms with van der Waals surface area (Å²) in [4.78, 5) is 4.26. The first-order valence-corrected chi connectivity index (χ1v) is 6.36. The Hall–Kier alpha value is -0.410. The number of pyridine rings is 1. The van der Waals surface area contributed by atoms with E-state index in [1.807, 2.05) is 12.1 Å². The van der Waals surface area contributed by atoms with E-state index < -0.39 is 0 Å². The minimum atomic E-state index is -0.376. The molecule has 1 heterocycles. The Kier molecular flexibility index (Phi) is 3.76. The number of aliphatic hydroxyl groups is 1. The molecule has 0 aromatic carbocycles. The van der Waals surface area contributed by atoms with Crippen molar-refractivity contribution in [1.29, 1.82) is 0 Å². The van der Waals surface area contributed by atoms with Crippen LogP contribution in [0, 0.1) is 5.92 Å². The van der Waals surface area contributed by atoms with Gasteiger partial charge >= 0.3 is 0 Å². The molecule has 1 aliphatic carbocycles. The summed E-state index contributed by atoms with van der Waals surface area (Å²) in [6.45, 7) is 0. The van der Waals surface area contributed by atoms with Gasteiger partial charge in [-0.15, -0.1) is 0 Å². The third-order valence-electron chi connectivity index (χ3n) is 3.15. The van der Waals surface area contributed by atoms with Gasteiger partial charge in [-0.2, -0.15) is 0 Å². The zero-order valence-electron chi connectivity index (χ0n) is 8.69. The van der Waals surface area contributed by atoms with E-state index in [1.54, 1.807) is 6.20 Å². The second kappa shape index (κ2) is 5.08. The third kappa shape index (κ3) is 2.79. The third-order valence-corrected chi connectivity index (χ3v) is 3.62. The van der Waals surface area contributed by atoms with Crippen LogP contribution in [0.4, 0.5) is 0 Å². The lowest BCUT2D eigenvalue weighted by Gasteiger charge is -2.26. The molecule has 0 bridgehead atoms. The summed E-state index contributed by atoms with van der Waals surface area (Å²) < 4.78 is 0.960. The molecule has 0 radical (unpaired) electrons. The Morgan fingerprint density at radius 2 is 2.00 bits per heavy atom. The van der Waals surface area contributed by atoms with Gasteiger partial charge in [0.25, 0.3) is 0 Å². The van der Waals surface area contributed by atoms with E-state index in [9.17, 15) is 5.11 Å². The number of hydrogen-bond acceptors (Lipinski definition) is 2. The smallest absolute Gasteiger partial charge is 0.0987 e. The monoisotopic (exact) mass is 269 g/mol. The highest BCUT2D eigenvalue weighted by atomic mass is 79.9. The molecule has 2 nitrogen and oxygen atoms in total. The van der Waals surface area contributed by atoms with Gasteiger partial charge in [-0.05, 0) is 46.8 Å². The lowest BCUT2D eigenvalue weighted by Crippen LogP contribution is -2.16. The van der Waals surface area contributed by atoms with Crippen LogP contribution in [0.1, 0.15) is 43.9 Å². The first-order valence-electron chi connectivity index (χ1n) is 5.57. The number of halogens is 1. The molecular weight excluding hydrogens is 254 g/mol. The zero-order valence-corrected chi connectivity index (χ0v) is 10.3. The van der Waals surface area contributed by atoms with E-state index in [0.29, 0.717) is 5.92 Å². The van der Waals surface area contributed by atoms with E-state index >= 15 is 0 Å². The molecule has 82 valence electrons. The van der Waals surface area contributed by atoms with Crippen molar-refractivity contribution < 1.29 is 5.11 Å². The van der Waals surface area contributed by atoms with Crippen LogP contribution >= 0.6 is 15.9 Å².